The number of anilines is 1. The molecule has 1 saturated heterocycles. The van der Waals surface area contributed by atoms with Crippen LogP contribution in [0.2, 0.25) is 0 Å². The van der Waals surface area contributed by atoms with Crippen molar-refractivity contribution in [2.75, 3.05) is 12.0 Å². The average Bonchev–Trinajstić information content (AvgIpc) is 3.05. The zero-order valence-corrected chi connectivity index (χ0v) is 13.0. The van der Waals surface area contributed by atoms with E-state index in [-0.39, 0.29) is 11.7 Å². The van der Waals surface area contributed by atoms with E-state index in [9.17, 15) is 20.1 Å². The van der Waals surface area contributed by atoms with Crippen LogP contribution in [0.5, 0.6) is 0 Å². The standard InChI is InChI=1S/C13H18N6O5/c1-6(21)17-18-10-8-11(15-4-14-10)19(5-16-8)12-13(2,23)9(22)7(3-20)24-12/h4-5,7,9,12,20,22-23H,3H2,1-2H3,(H,17,21)(H,14,15,18)/t7-,9-,12-,13-/m1/s1. The molecule has 0 radical (unpaired) electrons. The molecule has 4 atom stereocenters. The van der Waals surface area contributed by atoms with Crippen molar-refractivity contribution in [3.8, 4) is 0 Å². The molecule has 3 heterocycles. The molecule has 3 rings (SSSR count). The minimum atomic E-state index is -1.66. The van der Waals surface area contributed by atoms with Crippen LogP contribution in [0.1, 0.15) is 20.1 Å². The molecule has 130 valence electrons. The Bertz CT molecular complexity index is 762. The Morgan fingerprint density at radius 1 is 1.46 bits per heavy atom. The molecule has 24 heavy (non-hydrogen) atoms. The van der Waals surface area contributed by atoms with Gasteiger partial charge in [0.1, 0.15) is 24.1 Å². The quantitative estimate of drug-likeness (QED) is 0.410. The molecule has 1 amide bonds. The molecule has 1 fully saturated rings. The second-order valence-electron chi connectivity index (χ2n) is 5.73. The lowest BCUT2D eigenvalue weighted by Crippen LogP contribution is -2.44. The normalized spacial score (nSPS) is 29.8. The average molecular weight is 338 g/mol. The van der Waals surface area contributed by atoms with Crippen molar-refractivity contribution < 1.29 is 24.9 Å². The summed E-state index contributed by atoms with van der Waals surface area (Å²) in [6.45, 7) is 2.30. The van der Waals surface area contributed by atoms with Crippen LogP contribution in [0.15, 0.2) is 12.7 Å². The highest BCUT2D eigenvalue weighted by Gasteiger charge is 2.53. The summed E-state index contributed by atoms with van der Waals surface area (Å²) >= 11 is 0. The molecular weight excluding hydrogens is 320 g/mol. The highest BCUT2D eigenvalue weighted by Crippen LogP contribution is 2.39. The lowest BCUT2D eigenvalue weighted by atomic mass is 9.96. The van der Waals surface area contributed by atoms with E-state index >= 15 is 0 Å². The van der Waals surface area contributed by atoms with Crippen molar-refractivity contribution in [1.82, 2.24) is 24.9 Å². The van der Waals surface area contributed by atoms with Crippen LogP contribution in [0.3, 0.4) is 0 Å². The van der Waals surface area contributed by atoms with Crippen LogP contribution < -0.4 is 10.9 Å². The lowest BCUT2D eigenvalue weighted by molar-refractivity contribution is -0.118. The first-order valence-corrected chi connectivity index (χ1v) is 7.23. The number of amides is 1. The number of aliphatic hydroxyl groups is 3. The van der Waals surface area contributed by atoms with Crippen molar-refractivity contribution in [2.45, 2.75) is 37.9 Å². The maximum absolute atomic E-state index is 11.0. The molecule has 11 nitrogen and oxygen atoms in total. The molecule has 2 aromatic heterocycles. The van der Waals surface area contributed by atoms with Crippen molar-refractivity contribution >= 4 is 22.9 Å². The van der Waals surface area contributed by atoms with E-state index in [0.717, 1.165) is 0 Å². The molecule has 5 N–H and O–H groups in total. The van der Waals surface area contributed by atoms with Crippen LogP contribution in [-0.2, 0) is 9.53 Å². The van der Waals surface area contributed by atoms with Crippen molar-refractivity contribution in [1.29, 1.82) is 0 Å². The van der Waals surface area contributed by atoms with Gasteiger partial charge in [0.15, 0.2) is 23.2 Å². The van der Waals surface area contributed by atoms with Crippen molar-refractivity contribution in [2.24, 2.45) is 0 Å². The minimum Gasteiger partial charge on any atom is -0.394 e. The lowest BCUT2D eigenvalue weighted by Gasteiger charge is -2.27. The first-order valence-electron chi connectivity index (χ1n) is 7.23. The fourth-order valence-electron chi connectivity index (χ4n) is 2.65. The van der Waals surface area contributed by atoms with Gasteiger partial charge in [0.05, 0.1) is 12.9 Å². The fourth-order valence-corrected chi connectivity index (χ4v) is 2.65. The van der Waals surface area contributed by atoms with Gasteiger partial charge in [-0.15, -0.1) is 0 Å². The predicted molar refractivity (Wildman–Crippen MR) is 80.4 cm³/mol. The van der Waals surface area contributed by atoms with E-state index in [4.69, 9.17) is 4.74 Å². The molecular formula is C13H18N6O5. The molecule has 0 aliphatic carbocycles. The van der Waals surface area contributed by atoms with Gasteiger partial charge in [-0.3, -0.25) is 20.2 Å². The third kappa shape index (κ3) is 2.57. The number of aliphatic hydroxyl groups excluding tert-OH is 2. The summed E-state index contributed by atoms with van der Waals surface area (Å²) in [7, 11) is 0. The van der Waals surface area contributed by atoms with Gasteiger partial charge in [-0.25, -0.2) is 15.0 Å². The maximum atomic E-state index is 11.0. The van der Waals surface area contributed by atoms with Gasteiger partial charge in [-0.05, 0) is 6.92 Å². The smallest absolute Gasteiger partial charge is 0.235 e. The second-order valence-corrected chi connectivity index (χ2v) is 5.73. The summed E-state index contributed by atoms with van der Waals surface area (Å²) in [5.74, 6) is -0.0389. The number of carbonyl (C=O) groups is 1. The SMILES string of the molecule is CC(=O)NNc1ncnc2c1ncn2[C@@H]1O[C@H](CO)[C@@H](O)[C@@]1(C)O. The Hall–Kier alpha value is -2.34. The number of fused-ring (bicyclic) bond motifs is 1. The van der Waals surface area contributed by atoms with Gasteiger partial charge < -0.3 is 20.1 Å². The summed E-state index contributed by atoms with van der Waals surface area (Å²) < 4.78 is 6.99. The highest BCUT2D eigenvalue weighted by molar-refractivity contribution is 5.84. The van der Waals surface area contributed by atoms with Gasteiger partial charge in [-0.2, -0.15) is 0 Å². The number of hydrogen-bond donors (Lipinski definition) is 5. The van der Waals surface area contributed by atoms with E-state index in [1.807, 2.05) is 0 Å². The summed E-state index contributed by atoms with van der Waals surface area (Å²) in [5.41, 5.74) is 4.02. The number of nitrogens with one attached hydrogen (secondary N) is 2. The Morgan fingerprint density at radius 2 is 2.21 bits per heavy atom. The van der Waals surface area contributed by atoms with Gasteiger partial charge in [0.2, 0.25) is 5.91 Å². The van der Waals surface area contributed by atoms with E-state index in [2.05, 4.69) is 25.8 Å². The molecule has 2 aromatic rings. The third-order valence-electron chi connectivity index (χ3n) is 3.90. The third-order valence-corrected chi connectivity index (χ3v) is 3.90. The number of ether oxygens (including phenoxy) is 1. The summed E-state index contributed by atoms with van der Waals surface area (Å²) in [6, 6.07) is 0. The van der Waals surface area contributed by atoms with E-state index in [1.54, 1.807) is 0 Å². The predicted octanol–water partition coefficient (Wildman–Crippen LogP) is -1.71. The van der Waals surface area contributed by atoms with Gasteiger partial charge in [0.25, 0.3) is 0 Å². The van der Waals surface area contributed by atoms with E-state index < -0.39 is 30.6 Å². The topological polar surface area (TPSA) is 155 Å². The molecule has 1 aliphatic rings. The van der Waals surface area contributed by atoms with Crippen LogP contribution in [0.4, 0.5) is 5.82 Å². The number of carbonyl (C=O) groups excluding carboxylic acids is 1. The zero-order chi connectivity index (χ0) is 17.5. The molecule has 0 bridgehead atoms. The van der Waals surface area contributed by atoms with Crippen LogP contribution >= 0.6 is 0 Å². The Kier molecular flexibility index (Phi) is 4.09. The number of hydrazine groups is 1. The molecule has 0 aromatic carbocycles. The second kappa shape index (κ2) is 5.94. The van der Waals surface area contributed by atoms with Crippen LogP contribution in [0, 0.1) is 0 Å². The maximum Gasteiger partial charge on any atom is 0.235 e. The number of imidazole rings is 1. The zero-order valence-electron chi connectivity index (χ0n) is 13.0. The van der Waals surface area contributed by atoms with Gasteiger partial charge in [0, 0.05) is 6.92 Å². The fraction of sp³-hybridized carbons (Fsp3) is 0.538. The van der Waals surface area contributed by atoms with Crippen molar-refractivity contribution in [3.63, 3.8) is 0 Å². The van der Waals surface area contributed by atoms with Gasteiger partial charge >= 0.3 is 0 Å². The molecule has 0 unspecified atom stereocenters. The molecule has 11 heteroatoms. The highest BCUT2D eigenvalue weighted by atomic mass is 16.6. The number of hydrogen-bond acceptors (Lipinski definition) is 9. The van der Waals surface area contributed by atoms with Crippen LogP contribution in [-0.4, -0.2) is 65.2 Å². The molecule has 0 spiro atoms. The summed E-state index contributed by atoms with van der Waals surface area (Å²) in [6.07, 6.45) is -0.568. The first-order chi connectivity index (χ1) is 11.4. The summed E-state index contributed by atoms with van der Waals surface area (Å²) in [4.78, 5) is 23.3. The first kappa shape index (κ1) is 16.5. The Labute approximate surface area is 136 Å². The number of nitrogens with zero attached hydrogens (tertiary/aromatic N) is 4. The monoisotopic (exact) mass is 338 g/mol. The van der Waals surface area contributed by atoms with Crippen molar-refractivity contribution in [3.05, 3.63) is 12.7 Å². The Balaban J connectivity index is 1.99. The largest absolute Gasteiger partial charge is 0.394 e. The van der Waals surface area contributed by atoms with E-state index in [0.29, 0.717) is 11.2 Å². The number of rotatable bonds is 4. The van der Waals surface area contributed by atoms with Crippen LogP contribution in [0.25, 0.3) is 11.2 Å². The van der Waals surface area contributed by atoms with E-state index in [1.165, 1.54) is 31.1 Å². The molecule has 1 aliphatic heterocycles. The minimum absolute atomic E-state index is 0.269. The molecule has 0 saturated carbocycles. The summed E-state index contributed by atoms with van der Waals surface area (Å²) in [5, 5.41) is 29.9. The van der Waals surface area contributed by atoms with Gasteiger partial charge in [-0.1, -0.05) is 0 Å². The number of aromatic nitrogens is 4. The Morgan fingerprint density at radius 3 is 2.83 bits per heavy atom.